The third-order valence-electron chi connectivity index (χ3n) is 15.4. The van der Waals surface area contributed by atoms with Crippen molar-refractivity contribution in [3.8, 4) is 0 Å². The maximum atomic E-state index is 13.8. The number of nitrogens with zero attached hydrogens (tertiary/aromatic N) is 6. The van der Waals surface area contributed by atoms with Crippen LogP contribution in [0.2, 0.25) is 0 Å². The van der Waals surface area contributed by atoms with E-state index >= 15 is 0 Å². The Labute approximate surface area is 417 Å². The van der Waals surface area contributed by atoms with Crippen LogP contribution in [-0.2, 0) is 74.0 Å². The van der Waals surface area contributed by atoms with Crippen molar-refractivity contribution < 1.29 is 74.0 Å². The number of aliphatic imine (C=N–C) groups is 3. The molecule has 19 heteroatoms. The van der Waals surface area contributed by atoms with Crippen molar-refractivity contribution in [3.63, 3.8) is 0 Å². The molecule has 1 fully saturated rings. The monoisotopic (exact) mass is 1000 g/mol. The van der Waals surface area contributed by atoms with Crippen LogP contribution in [-0.4, -0.2) is 107 Å². The second-order valence-electron chi connectivity index (χ2n) is 19.4. The molecule has 0 saturated carbocycles. The maximum Gasteiger partial charge on any atom is 3.00 e. The van der Waals surface area contributed by atoms with E-state index in [1.807, 2.05) is 47.6 Å². The van der Waals surface area contributed by atoms with Crippen LogP contribution < -0.4 is 0 Å². The minimum Gasteiger partial charge on any atom is -0.682 e. The number of methoxy groups -OCH3 is 6. The van der Waals surface area contributed by atoms with E-state index in [-0.39, 0.29) is 80.0 Å². The molecule has 0 radical (unpaired) electrons. The smallest absolute Gasteiger partial charge is 0.682 e. The zero-order valence-corrected chi connectivity index (χ0v) is 43.4. The van der Waals surface area contributed by atoms with E-state index in [9.17, 15) is 28.8 Å². The fraction of sp³-hybridized carbons (Fsp3) is 0.660. The predicted molar refractivity (Wildman–Crippen MR) is 248 cm³/mol. The number of ether oxygens (including phenoxy) is 6. The number of rotatable bonds is 15. The van der Waals surface area contributed by atoms with Crippen molar-refractivity contribution in [1.29, 1.82) is 10.5 Å². The number of allylic oxidation sites excluding steroid dienone is 6. The summed E-state index contributed by atoms with van der Waals surface area (Å²) in [5.74, 6) is -4.29. The predicted octanol–water partition coefficient (Wildman–Crippen LogP) is 7.33. The van der Waals surface area contributed by atoms with Crippen molar-refractivity contribution in [2.75, 3.05) is 42.7 Å². The minimum absolute atomic E-state index is 0. The molecule has 0 aromatic carbocycles. The van der Waals surface area contributed by atoms with E-state index in [4.69, 9.17) is 72.4 Å². The summed E-state index contributed by atoms with van der Waals surface area (Å²) in [6.45, 7) is 25.3. The fourth-order valence-electron chi connectivity index (χ4n) is 11.3. The van der Waals surface area contributed by atoms with E-state index < -0.39 is 74.9 Å². The second-order valence-corrected chi connectivity index (χ2v) is 19.4. The first-order chi connectivity index (χ1) is 31.9. The van der Waals surface area contributed by atoms with Crippen LogP contribution in [0.5, 0.6) is 0 Å². The second kappa shape index (κ2) is 23.8. The Morgan fingerprint density at radius 1 is 0.667 bits per heavy atom. The van der Waals surface area contributed by atoms with Crippen molar-refractivity contribution in [2.24, 2.45) is 54.4 Å². The molecule has 378 valence electrons. The van der Waals surface area contributed by atoms with Gasteiger partial charge in [-0.1, -0.05) is 40.7 Å². The minimum atomic E-state index is -1.30. The summed E-state index contributed by atoms with van der Waals surface area (Å²) < 4.78 is 31.4. The molecule has 5 rings (SSSR count). The Kier molecular flexibility index (Phi) is 20.5. The molecule has 69 heavy (non-hydrogen) atoms. The van der Waals surface area contributed by atoms with Gasteiger partial charge >= 0.3 is 52.6 Å². The maximum absolute atomic E-state index is 13.8. The largest absolute Gasteiger partial charge is 3.00 e. The standard InChI is InChI=1S/C48H67N4O12.2CN.Co/c1-26-39-29(15-17-33(53)59-9)44(3,4)32(50-39)21-28-23-45(5,24-37(57)63-13)41(49-28)27(2)40-30(16-18-34(54)60-10)47(7,25-38(58)64-14)48(8,52-40)43-31(22-36(56)62-12)46(6,42(26)51-43)20-19-35(55)61-11;2*1-2;/h21,29-31,43H,15-20,22-25H2,1-14H3;;;/q3*-1;+3/t29-,30-,31+,43?,45-,46-,47+,48+;;;/m1.../s1. The normalized spacial score (nSPS) is 32.0. The molecule has 0 aromatic rings. The van der Waals surface area contributed by atoms with Gasteiger partial charge in [0.05, 0.1) is 66.7 Å². The zero-order chi connectivity index (χ0) is 51.7. The number of carbonyl (C=O) groups is 6. The van der Waals surface area contributed by atoms with Crippen LogP contribution in [0.4, 0.5) is 0 Å². The van der Waals surface area contributed by atoms with Gasteiger partial charge in [-0.25, -0.2) is 0 Å². The molecule has 5 heterocycles. The van der Waals surface area contributed by atoms with Gasteiger partial charge in [-0.15, -0.1) is 0 Å². The summed E-state index contributed by atoms with van der Waals surface area (Å²) in [6, 6.07) is -0.836. The van der Waals surface area contributed by atoms with E-state index in [2.05, 4.69) is 13.8 Å². The zero-order valence-electron chi connectivity index (χ0n) is 42.4. The Morgan fingerprint density at radius 3 is 1.68 bits per heavy atom. The molecular formula is C50H67CoN6O12. The summed E-state index contributed by atoms with van der Waals surface area (Å²) in [4.78, 5) is 96.0. The van der Waals surface area contributed by atoms with Gasteiger partial charge in [-0.3, -0.25) is 43.7 Å². The Bertz CT molecular complexity index is 2250. The van der Waals surface area contributed by atoms with Gasteiger partial charge in [0.2, 0.25) is 0 Å². The van der Waals surface area contributed by atoms with E-state index in [0.717, 1.165) is 5.70 Å². The molecule has 0 aliphatic carbocycles. The first-order valence-corrected chi connectivity index (χ1v) is 22.4. The third kappa shape index (κ3) is 11.4. The fourth-order valence-corrected chi connectivity index (χ4v) is 11.3. The Balaban J connectivity index is 0.00000318. The SMILES string of the molecule is COC(=O)CC[C@@H]1C2=NC(=C\C3=NC(=C(/C)C4=N[C@@](C)(C5[N-]/C(=C\2C)[C@](C)(CCC(=O)OC)[C@H]5CC(=O)OC)[C@@](C)(CC(=O)OC)[C@@H]4CCC(=O)OC)/[C@@](C)(CC(=O)OC)C3)/C1(C)C.[C-]#N.[C-]#N.[Co+3]. The first kappa shape index (κ1) is 59.5. The average molecular weight is 1000 g/mol. The molecule has 8 atom stereocenters. The molecule has 0 aromatic heterocycles. The topological polar surface area (TPSA) is 257 Å². The molecule has 8 bridgehead atoms. The molecule has 1 saturated heterocycles. The van der Waals surface area contributed by atoms with Gasteiger partial charge in [0, 0.05) is 83.0 Å². The van der Waals surface area contributed by atoms with Gasteiger partial charge < -0.3 is 57.4 Å². The van der Waals surface area contributed by atoms with Crippen LogP contribution in [0.25, 0.3) is 5.32 Å². The molecule has 0 spiro atoms. The molecule has 5 aliphatic rings. The van der Waals surface area contributed by atoms with E-state index in [1.54, 1.807) is 0 Å². The summed E-state index contributed by atoms with van der Waals surface area (Å²) in [6.07, 6.45) is 2.96. The van der Waals surface area contributed by atoms with E-state index in [1.165, 1.54) is 42.7 Å². The number of hydrogen-bond acceptors (Lipinski definition) is 17. The summed E-state index contributed by atoms with van der Waals surface area (Å²) in [5.41, 5.74) is 0.276. The number of carbonyl (C=O) groups excluding carboxylic acids is 6. The summed E-state index contributed by atoms with van der Waals surface area (Å²) >= 11 is 0. The van der Waals surface area contributed by atoms with Crippen molar-refractivity contribution in [3.05, 3.63) is 52.8 Å². The van der Waals surface area contributed by atoms with Crippen LogP contribution in [0, 0.1) is 63.1 Å². The van der Waals surface area contributed by atoms with Crippen molar-refractivity contribution >= 4 is 53.0 Å². The van der Waals surface area contributed by atoms with Crippen LogP contribution in [0.1, 0.15) is 120 Å². The average Bonchev–Trinajstić information content (AvgIpc) is 3.96. The number of fused-ring (bicyclic) bond motifs is 6. The Morgan fingerprint density at radius 2 is 1.16 bits per heavy atom. The molecule has 0 amide bonds. The summed E-state index contributed by atoms with van der Waals surface area (Å²) in [5, 5.41) is 18.2. The molecular weight excluding hydrogens is 936 g/mol. The van der Waals surface area contributed by atoms with Crippen molar-refractivity contribution in [2.45, 2.75) is 131 Å². The van der Waals surface area contributed by atoms with Crippen LogP contribution in [0.3, 0.4) is 0 Å². The Hall–Kier alpha value is -5.66. The van der Waals surface area contributed by atoms with Gasteiger partial charge in [0.1, 0.15) is 0 Å². The van der Waals surface area contributed by atoms with Crippen LogP contribution in [0.15, 0.2) is 49.3 Å². The van der Waals surface area contributed by atoms with Gasteiger partial charge in [-0.2, -0.15) is 5.70 Å². The quantitative estimate of drug-likeness (QED) is 0.0884. The van der Waals surface area contributed by atoms with E-state index in [0.29, 0.717) is 52.5 Å². The molecule has 0 N–H and O–H groups in total. The van der Waals surface area contributed by atoms with Gasteiger partial charge in [0.15, 0.2) is 0 Å². The first-order valence-electron chi connectivity index (χ1n) is 22.4. The molecule has 18 nitrogen and oxygen atoms in total. The number of hydrogen-bond donors (Lipinski definition) is 0. The summed E-state index contributed by atoms with van der Waals surface area (Å²) in [7, 11) is 7.98. The molecule has 5 aliphatic heterocycles. The van der Waals surface area contributed by atoms with Gasteiger partial charge in [-0.05, 0) is 68.6 Å². The number of esters is 6. The third-order valence-corrected chi connectivity index (χ3v) is 15.4. The van der Waals surface area contributed by atoms with Gasteiger partial charge in [0.25, 0.3) is 0 Å². The molecule has 1 unspecified atom stereocenters. The van der Waals surface area contributed by atoms with Crippen LogP contribution >= 0.6 is 0 Å². The van der Waals surface area contributed by atoms with Crippen molar-refractivity contribution in [1.82, 2.24) is 0 Å².